The number of nitrogens with one attached hydrogen (secondary N) is 2. The van der Waals surface area contributed by atoms with Crippen LogP contribution in [-0.4, -0.2) is 66.4 Å². The Balaban J connectivity index is 1.27. The van der Waals surface area contributed by atoms with E-state index in [-0.39, 0.29) is 0 Å². The van der Waals surface area contributed by atoms with Crippen LogP contribution >= 0.6 is 0 Å². The highest BCUT2D eigenvalue weighted by Gasteiger charge is 2.13. The number of methoxy groups -OCH3 is 1. The number of rotatable bonds is 11. The number of hydrogen-bond acceptors (Lipinski definition) is 9. The van der Waals surface area contributed by atoms with Crippen LogP contribution in [-0.2, 0) is 11.3 Å². The van der Waals surface area contributed by atoms with Crippen LogP contribution in [0.4, 0.5) is 17.2 Å². The summed E-state index contributed by atoms with van der Waals surface area (Å²) in [6.45, 7) is 7.99. The van der Waals surface area contributed by atoms with Crippen LogP contribution in [0.15, 0.2) is 61.1 Å². The van der Waals surface area contributed by atoms with Crippen LogP contribution < -0.4 is 20.1 Å². The first-order valence-electron chi connectivity index (χ1n) is 13.0. The van der Waals surface area contributed by atoms with E-state index in [9.17, 15) is 0 Å². The molecule has 0 aliphatic carbocycles. The molecule has 0 unspecified atom stereocenters. The van der Waals surface area contributed by atoms with E-state index >= 15 is 0 Å². The van der Waals surface area contributed by atoms with Gasteiger partial charge in [0, 0.05) is 43.0 Å². The summed E-state index contributed by atoms with van der Waals surface area (Å²) >= 11 is 0. The molecule has 2 N–H and O–H groups in total. The van der Waals surface area contributed by atoms with E-state index in [1.165, 1.54) is 0 Å². The number of anilines is 3. The first-order chi connectivity index (χ1) is 18.7. The van der Waals surface area contributed by atoms with E-state index < -0.39 is 0 Å². The molecule has 38 heavy (non-hydrogen) atoms. The van der Waals surface area contributed by atoms with Crippen molar-refractivity contribution in [3.8, 4) is 11.5 Å². The zero-order valence-electron chi connectivity index (χ0n) is 21.9. The Kier molecular flexibility index (Phi) is 8.47. The largest absolute Gasteiger partial charge is 0.495 e. The number of aryl methyl sites for hydroxylation is 1. The lowest BCUT2D eigenvalue weighted by Gasteiger charge is -2.26. The van der Waals surface area contributed by atoms with Crippen molar-refractivity contribution in [2.75, 3.05) is 57.1 Å². The van der Waals surface area contributed by atoms with Crippen LogP contribution in [0.25, 0.3) is 10.9 Å². The van der Waals surface area contributed by atoms with Gasteiger partial charge in [-0.2, -0.15) is 0 Å². The quantitative estimate of drug-likeness (QED) is 0.274. The van der Waals surface area contributed by atoms with Gasteiger partial charge in [-0.1, -0.05) is 6.07 Å². The topological polar surface area (TPSA) is 93.7 Å². The summed E-state index contributed by atoms with van der Waals surface area (Å²) in [5, 5.41) is 7.91. The molecule has 0 spiro atoms. The van der Waals surface area contributed by atoms with Crippen molar-refractivity contribution >= 4 is 28.1 Å². The molecule has 0 amide bonds. The van der Waals surface area contributed by atoms with E-state index in [1.807, 2.05) is 43.3 Å². The number of morpholine rings is 1. The van der Waals surface area contributed by atoms with E-state index in [0.29, 0.717) is 6.61 Å². The summed E-state index contributed by atoms with van der Waals surface area (Å²) in [7, 11) is 1.68. The van der Waals surface area contributed by atoms with Gasteiger partial charge in [-0.25, -0.2) is 9.97 Å². The molecule has 2 aromatic carbocycles. The van der Waals surface area contributed by atoms with Crippen molar-refractivity contribution in [1.29, 1.82) is 0 Å². The Hall–Kier alpha value is -3.95. The SMILES string of the molecule is COc1cc2ncnc(Nc3ccc(OCc4ccccn4)c(C)c3)c2cc1NCCCN1CCOCC1. The van der Waals surface area contributed by atoms with Gasteiger partial charge in [-0.05, 0) is 61.9 Å². The Morgan fingerprint density at radius 2 is 1.89 bits per heavy atom. The molecule has 5 rings (SSSR count). The molecule has 0 saturated carbocycles. The van der Waals surface area contributed by atoms with Gasteiger partial charge >= 0.3 is 0 Å². The molecule has 1 aliphatic heterocycles. The molecule has 3 heterocycles. The Morgan fingerprint density at radius 1 is 1.00 bits per heavy atom. The molecule has 198 valence electrons. The van der Waals surface area contributed by atoms with Crippen LogP contribution in [0, 0.1) is 6.92 Å². The van der Waals surface area contributed by atoms with Crippen LogP contribution in [0.3, 0.4) is 0 Å². The summed E-state index contributed by atoms with van der Waals surface area (Å²) in [5.41, 5.74) is 4.57. The Labute approximate surface area is 223 Å². The van der Waals surface area contributed by atoms with Gasteiger partial charge in [0.25, 0.3) is 0 Å². The van der Waals surface area contributed by atoms with E-state index in [2.05, 4.69) is 42.6 Å². The number of fused-ring (bicyclic) bond motifs is 1. The smallest absolute Gasteiger partial charge is 0.144 e. The molecule has 0 atom stereocenters. The fourth-order valence-electron chi connectivity index (χ4n) is 4.50. The highest BCUT2D eigenvalue weighted by Crippen LogP contribution is 2.33. The monoisotopic (exact) mass is 514 g/mol. The van der Waals surface area contributed by atoms with E-state index in [0.717, 1.165) is 96.7 Å². The minimum Gasteiger partial charge on any atom is -0.495 e. The third-order valence-electron chi connectivity index (χ3n) is 6.57. The highest BCUT2D eigenvalue weighted by atomic mass is 16.5. The minimum absolute atomic E-state index is 0.426. The molecule has 1 saturated heterocycles. The fourth-order valence-corrected chi connectivity index (χ4v) is 4.50. The minimum atomic E-state index is 0.426. The molecule has 1 fully saturated rings. The summed E-state index contributed by atoms with van der Waals surface area (Å²) in [6, 6.07) is 15.8. The molecule has 4 aromatic rings. The van der Waals surface area contributed by atoms with Gasteiger partial charge in [-0.15, -0.1) is 0 Å². The maximum Gasteiger partial charge on any atom is 0.144 e. The third kappa shape index (κ3) is 6.48. The first kappa shape index (κ1) is 25.7. The molecule has 1 aliphatic rings. The predicted octanol–water partition coefficient (Wildman–Crippen LogP) is 4.80. The van der Waals surface area contributed by atoms with Gasteiger partial charge < -0.3 is 24.8 Å². The normalized spacial score (nSPS) is 13.8. The maximum absolute atomic E-state index is 5.98. The average Bonchev–Trinajstić information content (AvgIpc) is 2.96. The maximum atomic E-state index is 5.98. The van der Waals surface area contributed by atoms with Crippen molar-refractivity contribution in [3.63, 3.8) is 0 Å². The second kappa shape index (κ2) is 12.5. The van der Waals surface area contributed by atoms with Crippen molar-refractivity contribution in [3.05, 3.63) is 72.3 Å². The number of nitrogens with zero attached hydrogens (tertiary/aromatic N) is 4. The zero-order valence-corrected chi connectivity index (χ0v) is 21.9. The standard InChI is InChI=1S/C29H34N6O3/c1-21-16-22(7-8-27(21)38-19-23-6-3-4-9-30-23)34-29-24-17-26(28(36-2)18-25(24)32-20-33-29)31-10-5-11-35-12-14-37-15-13-35/h3-4,6-9,16-18,20,31H,5,10-15,19H2,1-2H3,(H,32,33,34). The zero-order chi connectivity index (χ0) is 26.2. The predicted molar refractivity (Wildman–Crippen MR) is 149 cm³/mol. The van der Waals surface area contributed by atoms with Crippen molar-refractivity contribution in [2.45, 2.75) is 20.0 Å². The average molecular weight is 515 g/mol. The van der Waals surface area contributed by atoms with Crippen molar-refractivity contribution in [2.24, 2.45) is 0 Å². The fraction of sp³-hybridized carbons (Fsp3) is 0.345. The Bertz CT molecular complexity index is 1350. The third-order valence-corrected chi connectivity index (χ3v) is 6.57. The molecule has 0 radical (unpaired) electrons. The van der Waals surface area contributed by atoms with E-state index in [4.69, 9.17) is 14.2 Å². The van der Waals surface area contributed by atoms with Gasteiger partial charge in [0.1, 0.15) is 30.3 Å². The first-order valence-corrected chi connectivity index (χ1v) is 13.0. The van der Waals surface area contributed by atoms with Crippen LogP contribution in [0.5, 0.6) is 11.5 Å². The molecule has 9 heteroatoms. The number of pyridine rings is 1. The lowest BCUT2D eigenvalue weighted by Crippen LogP contribution is -2.37. The van der Waals surface area contributed by atoms with Gasteiger partial charge in [0.05, 0.1) is 37.2 Å². The summed E-state index contributed by atoms with van der Waals surface area (Å²) < 4.78 is 17.1. The molecular weight excluding hydrogens is 480 g/mol. The second-order valence-corrected chi connectivity index (χ2v) is 9.24. The number of hydrogen-bond donors (Lipinski definition) is 2. The molecule has 0 bridgehead atoms. The molecular formula is C29H34N6O3. The van der Waals surface area contributed by atoms with Crippen molar-refractivity contribution < 1.29 is 14.2 Å². The summed E-state index contributed by atoms with van der Waals surface area (Å²) in [5.74, 6) is 2.32. The summed E-state index contributed by atoms with van der Waals surface area (Å²) in [6.07, 6.45) is 4.37. The van der Waals surface area contributed by atoms with Gasteiger partial charge in [0.15, 0.2) is 0 Å². The van der Waals surface area contributed by atoms with Gasteiger partial charge in [-0.3, -0.25) is 9.88 Å². The number of benzene rings is 2. The lowest BCUT2D eigenvalue weighted by atomic mass is 10.1. The van der Waals surface area contributed by atoms with E-state index in [1.54, 1.807) is 19.6 Å². The summed E-state index contributed by atoms with van der Waals surface area (Å²) in [4.78, 5) is 15.8. The van der Waals surface area contributed by atoms with Gasteiger partial charge in [0.2, 0.25) is 0 Å². The van der Waals surface area contributed by atoms with Crippen molar-refractivity contribution in [1.82, 2.24) is 19.9 Å². The Morgan fingerprint density at radius 3 is 2.68 bits per heavy atom. The number of ether oxygens (including phenoxy) is 3. The second-order valence-electron chi connectivity index (χ2n) is 9.24. The molecule has 9 nitrogen and oxygen atoms in total. The van der Waals surface area contributed by atoms with Crippen LogP contribution in [0.1, 0.15) is 17.7 Å². The number of aromatic nitrogens is 3. The molecule has 2 aromatic heterocycles. The highest BCUT2D eigenvalue weighted by molar-refractivity contribution is 5.94. The van der Waals surface area contributed by atoms with Crippen LogP contribution in [0.2, 0.25) is 0 Å². The lowest BCUT2D eigenvalue weighted by molar-refractivity contribution is 0.0378.